The monoisotopic (exact) mass is 220 g/mol. The molecular formula is C13H20N2O. The maximum absolute atomic E-state index is 5.97. The Labute approximate surface area is 97.2 Å². The molecule has 1 heterocycles. The standard InChI is InChI=1S/C13H20N2O/c1-2-14-12-9-6-10-15-13(12)16-11-7-4-3-5-8-11/h6,9-11,14H,2-5,7-8H2,1H3. The molecule has 16 heavy (non-hydrogen) atoms. The lowest BCUT2D eigenvalue weighted by molar-refractivity contribution is 0.149. The molecule has 1 fully saturated rings. The van der Waals surface area contributed by atoms with E-state index in [1.807, 2.05) is 12.1 Å². The summed E-state index contributed by atoms with van der Waals surface area (Å²) in [5, 5.41) is 3.28. The van der Waals surface area contributed by atoms with Crippen molar-refractivity contribution in [2.24, 2.45) is 0 Å². The molecule has 0 spiro atoms. The highest BCUT2D eigenvalue weighted by molar-refractivity contribution is 5.51. The molecule has 0 aromatic carbocycles. The van der Waals surface area contributed by atoms with Gasteiger partial charge in [-0.3, -0.25) is 0 Å². The maximum Gasteiger partial charge on any atom is 0.237 e. The minimum absolute atomic E-state index is 0.362. The van der Waals surface area contributed by atoms with Gasteiger partial charge in [0.15, 0.2) is 0 Å². The Balaban J connectivity index is 2.01. The van der Waals surface area contributed by atoms with E-state index in [1.165, 1.54) is 32.1 Å². The summed E-state index contributed by atoms with van der Waals surface area (Å²) in [5.74, 6) is 0.760. The van der Waals surface area contributed by atoms with Gasteiger partial charge in [-0.25, -0.2) is 4.98 Å². The summed E-state index contributed by atoms with van der Waals surface area (Å²) in [6, 6.07) is 3.96. The Morgan fingerprint density at radius 3 is 2.94 bits per heavy atom. The molecule has 3 heteroatoms. The molecule has 0 unspecified atom stereocenters. The molecule has 0 atom stereocenters. The zero-order valence-corrected chi connectivity index (χ0v) is 9.91. The van der Waals surface area contributed by atoms with Gasteiger partial charge >= 0.3 is 0 Å². The molecule has 1 aromatic rings. The van der Waals surface area contributed by atoms with E-state index in [0.717, 1.165) is 18.1 Å². The molecule has 0 saturated heterocycles. The Morgan fingerprint density at radius 2 is 2.19 bits per heavy atom. The molecule has 0 radical (unpaired) electrons. The summed E-state index contributed by atoms with van der Waals surface area (Å²) in [7, 11) is 0. The summed E-state index contributed by atoms with van der Waals surface area (Å²) >= 11 is 0. The Bertz CT molecular complexity index is 321. The minimum Gasteiger partial charge on any atom is -0.473 e. The number of anilines is 1. The largest absolute Gasteiger partial charge is 0.473 e. The summed E-state index contributed by atoms with van der Waals surface area (Å²) in [6.07, 6.45) is 8.41. The highest BCUT2D eigenvalue weighted by atomic mass is 16.5. The van der Waals surface area contributed by atoms with Crippen molar-refractivity contribution in [1.82, 2.24) is 4.98 Å². The molecule has 1 N–H and O–H groups in total. The van der Waals surface area contributed by atoms with Crippen molar-refractivity contribution in [2.45, 2.75) is 45.1 Å². The van der Waals surface area contributed by atoms with Crippen molar-refractivity contribution < 1.29 is 4.74 Å². The van der Waals surface area contributed by atoms with Crippen LogP contribution in [-0.4, -0.2) is 17.6 Å². The van der Waals surface area contributed by atoms with Gasteiger partial charge in [-0.2, -0.15) is 0 Å². The van der Waals surface area contributed by atoms with Crippen LogP contribution in [0.5, 0.6) is 5.88 Å². The van der Waals surface area contributed by atoms with Gasteiger partial charge in [-0.15, -0.1) is 0 Å². The van der Waals surface area contributed by atoms with Crippen molar-refractivity contribution >= 4 is 5.69 Å². The number of hydrogen-bond donors (Lipinski definition) is 1. The zero-order valence-electron chi connectivity index (χ0n) is 9.91. The van der Waals surface area contributed by atoms with Crippen LogP contribution in [0.4, 0.5) is 5.69 Å². The number of nitrogens with zero attached hydrogens (tertiary/aromatic N) is 1. The van der Waals surface area contributed by atoms with Gasteiger partial charge in [0.05, 0.1) is 5.69 Å². The fraction of sp³-hybridized carbons (Fsp3) is 0.615. The third-order valence-electron chi connectivity index (χ3n) is 2.97. The number of pyridine rings is 1. The van der Waals surface area contributed by atoms with Crippen molar-refractivity contribution in [1.29, 1.82) is 0 Å². The zero-order chi connectivity index (χ0) is 11.2. The van der Waals surface area contributed by atoms with E-state index in [0.29, 0.717) is 6.10 Å². The summed E-state index contributed by atoms with van der Waals surface area (Å²) in [4.78, 5) is 4.31. The van der Waals surface area contributed by atoms with Crippen LogP contribution in [0.25, 0.3) is 0 Å². The van der Waals surface area contributed by atoms with Crippen molar-refractivity contribution in [2.75, 3.05) is 11.9 Å². The second-order valence-electron chi connectivity index (χ2n) is 4.26. The van der Waals surface area contributed by atoms with Gasteiger partial charge in [-0.05, 0) is 44.7 Å². The summed E-state index contributed by atoms with van der Waals surface area (Å²) in [5.41, 5.74) is 1.01. The first-order valence-electron chi connectivity index (χ1n) is 6.25. The highest BCUT2D eigenvalue weighted by Crippen LogP contribution is 2.26. The Hall–Kier alpha value is -1.25. The number of nitrogens with one attached hydrogen (secondary N) is 1. The lowest BCUT2D eigenvalue weighted by atomic mass is 9.98. The third kappa shape index (κ3) is 2.87. The lowest BCUT2D eigenvalue weighted by Crippen LogP contribution is -2.20. The average molecular weight is 220 g/mol. The minimum atomic E-state index is 0.362. The van der Waals surface area contributed by atoms with Crippen molar-refractivity contribution in [3.8, 4) is 5.88 Å². The van der Waals surface area contributed by atoms with Crippen LogP contribution in [0.1, 0.15) is 39.0 Å². The van der Waals surface area contributed by atoms with Crippen LogP contribution in [0, 0.1) is 0 Å². The lowest BCUT2D eigenvalue weighted by Gasteiger charge is -2.23. The molecule has 1 aromatic heterocycles. The van der Waals surface area contributed by atoms with E-state index in [-0.39, 0.29) is 0 Å². The second-order valence-corrected chi connectivity index (χ2v) is 4.26. The molecular weight excluding hydrogens is 200 g/mol. The number of aromatic nitrogens is 1. The molecule has 1 aliphatic rings. The Kier molecular flexibility index (Phi) is 4.03. The predicted molar refractivity (Wildman–Crippen MR) is 65.9 cm³/mol. The van der Waals surface area contributed by atoms with Crippen LogP contribution in [0.2, 0.25) is 0 Å². The van der Waals surface area contributed by atoms with Crippen LogP contribution >= 0.6 is 0 Å². The second kappa shape index (κ2) is 5.73. The van der Waals surface area contributed by atoms with Crippen molar-refractivity contribution in [3.63, 3.8) is 0 Å². The van der Waals surface area contributed by atoms with Crippen LogP contribution < -0.4 is 10.1 Å². The van der Waals surface area contributed by atoms with E-state index in [1.54, 1.807) is 6.20 Å². The van der Waals surface area contributed by atoms with E-state index < -0.39 is 0 Å². The van der Waals surface area contributed by atoms with Crippen LogP contribution in [-0.2, 0) is 0 Å². The van der Waals surface area contributed by atoms with E-state index in [9.17, 15) is 0 Å². The molecule has 1 aliphatic carbocycles. The van der Waals surface area contributed by atoms with E-state index in [4.69, 9.17) is 4.74 Å². The maximum atomic E-state index is 5.97. The third-order valence-corrected chi connectivity index (χ3v) is 2.97. The topological polar surface area (TPSA) is 34.2 Å². The molecule has 0 aliphatic heterocycles. The van der Waals surface area contributed by atoms with Crippen LogP contribution in [0.3, 0.4) is 0 Å². The average Bonchev–Trinajstić information content (AvgIpc) is 2.33. The quantitative estimate of drug-likeness (QED) is 0.846. The molecule has 2 rings (SSSR count). The van der Waals surface area contributed by atoms with E-state index in [2.05, 4.69) is 17.2 Å². The summed E-state index contributed by atoms with van der Waals surface area (Å²) in [6.45, 7) is 2.98. The molecule has 1 saturated carbocycles. The molecule has 0 bridgehead atoms. The smallest absolute Gasteiger partial charge is 0.237 e. The fourth-order valence-corrected chi connectivity index (χ4v) is 2.15. The highest BCUT2D eigenvalue weighted by Gasteiger charge is 2.16. The summed E-state index contributed by atoms with van der Waals surface area (Å²) < 4.78 is 5.97. The normalized spacial score (nSPS) is 17.1. The van der Waals surface area contributed by atoms with Crippen LogP contribution in [0.15, 0.2) is 18.3 Å². The van der Waals surface area contributed by atoms with Gasteiger partial charge in [0, 0.05) is 12.7 Å². The number of hydrogen-bond acceptors (Lipinski definition) is 3. The molecule has 0 amide bonds. The van der Waals surface area contributed by atoms with Gasteiger partial charge in [0.2, 0.25) is 5.88 Å². The van der Waals surface area contributed by atoms with Gasteiger partial charge in [-0.1, -0.05) is 6.42 Å². The SMILES string of the molecule is CCNc1cccnc1OC1CCCCC1. The Morgan fingerprint density at radius 1 is 1.38 bits per heavy atom. The molecule has 88 valence electrons. The fourth-order valence-electron chi connectivity index (χ4n) is 2.15. The van der Waals surface area contributed by atoms with E-state index >= 15 is 0 Å². The number of rotatable bonds is 4. The number of ether oxygens (including phenoxy) is 1. The molecule has 3 nitrogen and oxygen atoms in total. The first-order chi connectivity index (χ1) is 7.90. The first-order valence-corrected chi connectivity index (χ1v) is 6.25. The first kappa shape index (κ1) is 11.2. The van der Waals surface area contributed by atoms with Crippen molar-refractivity contribution in [3.05, 3.63) is 18.3 Å². The van der Waals surface area contributed by atoms with Gasteiger partial charge in [0.1, 0.15) is 6.10 Å². The van der Waals surface area contributed by atoms with Gasteiger partial charge < -0.3 is 10.1 Å². The van der Waals surface area contributed by atoms with Gasteiger partial charge in [0.25, 0.3) is 0 Å². The predicted octanol–water partition coefficient (Wildman–Crippen LogP) is 3.22.